The van der Waals surface area contributed by atoms with Crippen LogP contribution in [-0.2, 0) is 4.84 Å². The maximum absolute atomic E-state index is 9.66. The molecule has 0 aliphatic carbocycles. The number of primary amides is 1. The van der Waals surface area contributed by atoms with E-state index in [2.05, 4.69) is 16.0 Å². The van der Waals surface area contributed by atoms with E-state index in [1.807, 2.05) is 5.59 Å². The number of hydrogen-bond donors (Lipinski definition) is 3. The van der Waals surface area contributed by atoms with E-state index in [9.17, 15) is 4.79 Å². The molecular formula is C2H7N3O2. The maximum atomic E-state index is 9.66. The molecule has 0 rings (SSSR count). The fourth-order valence-electron chi connectivity index (χ4n) is 0.101. The molecule has 0 saturated heterocycles. The first-order valence-electron chi connectivity index (χ1n) is 1.65. The Morgan fingerprint density at radius 3 is 2.57 bits per heavy atom. The lowest BCUT2D eigenvalue weighted by Gasteiger charge is -1.96. The van der Waals surface area contributed by atoms with Gasteiger partial charge in [0.1, 0.15) is 0 Å². The van der Waals surface area contributed by atoms with Gasteiger partial charge in [-0.05, 0) is 0 Å². The highest BCUT2D eigenvalue weighted by molar-refractivity contribution is 5.64. The van der Waals surface area contributed by atoms with Crippen LogP contribution < -0.4 is 16.7 Å². The predicted molar refractivity (Wildman–Crippen MR) is 22.9 cm³/mol. The molecule has 0 aromatic rings. The van der Waals surface area contributed by atoms with Gasteiger partial charge in [-0.1, -0.05) is 5.59 Å². The Kier molecular flexibility index (Phi) is 2.99. The minimum Gasteiger partial charge on any atom is -0.339 e. The third-order valence-electron chi connectivity index (χ3n) is 0.254. The molecule has 0 aliphatic heterocycles. The van der Waals surface area contributed by atoms with Gasteiger partial charge in [-0.15, -0.1) is 0 Å². The summed E-state index contributed by atoms with van der Waals surface area (Å²) in [4.78, 5) is 13.6. The van der Waals surface area contributed by atoms with Crippen LogP contribution in [0.1, 0.15) is 0 Å². The summed E-state index contributed by atoms with van der Waals surface area (Å²) in [5.74, 6) is 0. The Labute approximate surface area is 40.7 Å². The van der Waals surface area contributed by atoms with Crippen LogP contribution in [0, 0.1) is 0 Å². The summed E-state index contributed by atoms with van der Waals surface area (Å²) in [6.07, 6.45) is -0.866. The molecule has 5 heteroatoms. The molecule has 0 aromatic heterocycles. The number of nitrogens with two attached hydrogens (primary N) is 1. The molecule has 0 saturated carbocycles. The number of rotatable bonds is 2. The first kappa shape index (κ1) is 6.19. The molecule has 0 aliphatic rings. The van der Waals surface area contributed by atoms with E-state index in [0.717, 1.165) is 0 Å². The zero-order valence-corrected chi connectivity index (χ0v) is 3.89. The first-order valence-corrected chi connectivity index (χ1v) is 1.65. The topological polar surface area (TPSA) is 76.4 Å². The molecular weight excluding hydrogens is 98.0 g/mol. The largest absolute Gasteiger partial charge is 0.424 e. The molecule has 0 bridgehead atoms. The van der Waals surface area contributed by atoms with Crippen molar-refractivity contribution in [2.24, 2.45) is 5.73 Å². The van der Waals surface area contributed by atoms with Crippen LogP contribution in [0.15, 0.2) is 0 Å². The molecule has 0 atom stereocenters. The summed E-state index contributed by atoms with van der Waals surface area (Å²) < 4.78 is 0. The molecule has 7 heavy (non-hydrogen) atoms. The Hall–Kier alpha value is -0.810. The van der Waals surface area contributed by atoms with Crippen molar-refractivity contribution >= 4 is 6.09 Å². The summed E-state index contributed by atoms with van der Waals surface area (Å²) in [6.45, 7) is 0. The van der Waals surface area contributed by atoms with Gasteiger partial charge in [0.05, 0.1) is 0 Å². The van der Waals surface area contributed by atoms with Crippen molar-refractivity contribution in [2.45, 2.75) is 0 Å². The normalized spacial score (nSPS) is 8.14. The Morgan fingerprint density at radius 1 is 1.86 bits per heavy atom. The van der Waals surface area contributed by atoms with Crippen LogP contribution in [0.4, 0.5) is 4.79 Å². The van der Waals surface area contributed by atoms with Crippen molar-refractivity contribution < 1.29 is 9.63 Å². The smallest absolute Gasteiger partial charge is 0.339 e. The molecule has 42 valence electrons. The van der Waals surface area contributed by atoms with Crippen molar-refractivity contribution in [1.82, 2.24) is 11.0 Å². The van der Waals surface area contributed by atoms with Gasteiger partial charge in [0.25, 0.3) is 0 Å². The van der Waals surface area contributed by atoms with Crippen LogP contribution in [0.2, 0.25) is 0 Å². The Balaban J connectivity index is 2.82. The summed E-state index contributed by atoms with van der Waals surface area (Å²) in [5.41, 5.74) is 8.86. The van der Waals surface area contributed by atoms with Gasteiger partial charge in [0, 0.05) is 7.05 Å². The van der Waals surface area contributed by atoms with Crippen molar-refractivity contribution in [3.8, 4) is 0 Å². The second-order valence-corrected chi connectivity index (χ2v) is 0.773. The lowest BCUT2D eigenvalue weighted by Crippen LogP contribution is -2.32. The van der Waals surface area contributed by atoms with Gasteiger partial charge < -0.3 is 10.6 Å². The lowest BCUT2D eigenvalue weighted by molar-refractivity contribution is 0.0778. The van der Waals surface area contributed by atoms with Crippen LogP contribution in [0.25, 0.3) is 0 Å². The van der Waals surface area contributed by atoms with E-state index in [4.69, 9.17) is 0 Å². The molecule has 0 heterocycles. The highest BCUT2D eigenvalue weighted by Crippen LogP contribution is 1.56. The van der Waals surface area contributed by atoms with Crippen LogP contribution in [0.3, 0.4) is 0 Å². The lowest BCUT2D eigenvalue weighted by atomic mass is 11.3. The maximum Gasteiger partial charge on any atom is 0.424 e. The van der Waals surface area contributed by atoms with E-state index in [1.54, 1.807) is 7.05 Å². The predicted octanol–water partition coefficient (Wildman–Crippen LogP) is -1.28. The summed E-state index contributed by atoms with van der Waals surface area (Å²) in [5, 5.41) is 0. The minimum atomic E-state index is -0.866. The standard InChI is InChI=1S/C2H7N3O2/c1-4-5-7-2(3)6/h4-5H,1H3,(H2,3,6). The van der Waals surface area contributed by atoms with Gasteiger partial charge in [0.15, 0.2) is 0 Å². The number of carbonyl (C=O) groups excluding carboxylic acids is 1. The van der Waals surface area contributed by atoms with Gasteiger partial charge >= 0.3 is 6.09 Å². The molecule has 0 aromatic carbocycles. The highest BCUT2D eigenvalue weighted by atomic mass is 16.7. The second kappa shape index (κ2) is 3.38. The number of amides is 1. The molecule has 5 nitrogen and oxygen atoms in total. The number of carbonyl (C=O) groups is 1. The highest BCUT2D eigenvalue weighted by Gasteiger charge is 1.85. The van der Waals surface area contributed by atoms with Crippen molar-refractivity contribution in [1.29, 1.82) is 0 Å². The van der Waals surface area contributed by atoms with Crippen LogP contribution in [-0.4, -0.2) is 13.1 Å². The fraction of sp³-hybridized carbons (Fsp3) is 0.500. The second-order valence-electron chi connectivity index (χ2n) is 0.773. The number of hydrazine groups is 1. The molecule has 0 radical (unpaired) electrons. The van der Waals surface area contributed by atoms with Gasteiger partial charge in [-0.3, -0.25) is 0 Å². The molecule has 4 N–H and O–H groups in total. The van der Waals surface area contributed by atoms with Crippen molar-refractivity contribution in [3.63, 3.8) is 0 Å². The van der Waals surface area contributed by atoms with Gasteiger partial charge in [0.2, 0.25) is 0 Å². The van der Waals surface area contributed by atoms with Crippen molar-refractivity contribution in [3.05, 3.63) is 0 Å². The average molecular weight is 105 g/mol. The van der Waals surface area contributed by atoms with Crippen LogP contribution in [0.5, 0.6) is 0 Å². The Bertz CT molecular complexity index is 64.0. The van der Waals surface area contributed by atoms with E-state index >= 15 is 0 Å². The summed E-state index contributed by atoms with van der Waals surface area (Å²) >= 11 is 0. The van der Waals surface area contributed by atoms with Gasteiger partial charge in [-0.25, -0.2) is 10.2 Å². The summed E-state index contributed by atoms with van der Waals surface area (Å²) in [6, 6.07) is 0. The third kappa shape index (κ3) is 5.19. The average Bonchev–Trinajstić information content (AvgIpc) is 1.61. The molecule has 0 fully saturated rings. The summed E-state index contributed by atoms with van der Waals surface area (Å²) in [7, 11) is 1.54. The third-order valence-corrected chi connectivity index (χ3v) is 0.254. The zero-order valence-electron chi connectivity index (χ0n) is 3.89. The molecule has 1 amide bonds. The SMILES string of the molecule is CNNOC(N)=O. The molecule has 0 spiro atoms. The van der Waals surface area contributed by atoms with E-state index in [-0.39, 0.29) is 0 Å². The van der Waals surface area contributed by atoms with E-state index < -0.39 is 6.09 Å². The van der Waals surface area contributed by atoms with E-state index in [0.29, 0.717) is 0 Å². The first-order chi connectivity index (χ1) is 3.27. The Morgan fingerprint density at radius 2 is 2.43 bits per heavy atom. The zero-order chi connectivity index (χ0) is 5.70. The van der Waals surface area contributed by atoms with Crippen LogP contribution >= 0.6 is 0 Å². The minimum absolute atomic E-state index is 0.866. The quantitative estimate of drug-likeness (QED) is 0.382. The van der Waals surface area contributed by atoms with Crippen molar-refractivity contribution in [2.75, 3.05) is 7.05 Å². The van der Waals surface area contributed by atoms with E-state index in [1.165, 1.54) is 0 Å². The number of nitrogens with one attached hydrogen (secondary N) is 2. The number of hydrogen-bond acceptors (Lipinski definition) is 4. The monoisotopic (exact) mass is 105 g/mol. The van der Waals surface area contributed by atoms with Gasteiger partial charge in [-0.2, -0.15) is 0 Å². The fourth-order valence-corrected chi connectivity index (χ4v) is 0.101. The molecule has 0 unspecified atom stereocenters.